The van der Waals surface area contributed by atoms with Crippen LogP contribution in [0.4, 0.5) is 11.4 Å². The molecular formula is C43H41Cl2N5O8. The van der Waals surface area contributed by atoms with Crippen molar-refractivity contribution in [2.75, 3.05) is 29.5 Å². The van der Waals surface area contributed by atoms with E-state index in [0.29, 0.717) is 18.5 Å². The smallest absolute Gasteiger partial charge is 0.305 e. The lowest BCUT2D eigenvalue weighted by atomic mass is 10.1. The Morgan fingerprint density at radius 2 is 1.41 bits per heavy atom. The number of carbonyl (C=O) groups excluding carboxylic acids is 5. The summed E-state index contributed by atoms with van der Waals surface area (Å²) in [6.07, 6.45) is 1.32. The molecule has 0 fully saturated rings. The molecule has 58 heavy (non-hydrogen) atoms. The number of ketones is 1. The first-order chi connectivity index (χ1) is 27.9. The number of hydrogen-bond donors (Lipinski definition) is 3. The molecule has 0 radical (unpaired) electrons. The molecule has 0 saturated heterocycles. The van der Waals surface area contributed by atoms with Gasteiger partial charge in [-0.25, -0.2) is 0 Å². The van der Waals surface area contributed by atoms with Gasteiger partial charge in [0.2, 0.25) is 17.7 Å². The number of fused-ring (bicyclic) bond motifs is 1. The van der Waals surface area contributed by atoms with Crippen LogP contribution in [0.5, 0.6) is 0 Å². The standard InChI is InChI=1S/C43H41Cl2N5O8/c1-46-24-37(42-30(44)15-10-16-31(42)45)58-27-36(51)32(23-41(55)56)47-39(53)26-50-35-18-9-8-17-34(35)49(40(54)22-20-29-13-6-3-7-14-29)25-33(43(50)57)48-38(52)21-19-28-11-4-2-5-12-28/h2-18,24,32-33H,1,19-23,25-27H2,(H,47,53)(H,48,52)(H,55,56)/b37-24-. The van der Waals surface area contributed by atoms with Crippen LogP contribution in [-0.2, 0) is 46.3 Å². The first kappa shape index (κ1) is 42.8. The predicted molar refractivity (Wildman–Crippen MR) is 222 cm³/mol. The Morgan fingerprint density at radius 3 is 2.02 bits per heavy atom. The number of nitrogens with one attached hydrogen (secondary N) is 2. The van der Waals surface area contributed by atoms with Gasteiger partial charge in [-0.2, -0.15) is 0 Å². The number of Topliss-reactive ketones (excluding diaryl/α,β-unsaturated/α-hetero) is 1. The number of ether oxygens (including phenoxy) is 1. The monoisotopic (exact) mass is 825 g/mol. The zero-order valence-electron chi connectivity index (χ0n) is 31.3. The summed E-state index contributed by atoms with van der Waals surface area (Å²) >= 11 is 12.6. The quantitative estimate of drug-likeness (QED) is 0.0851. The molecule has 4 aromatic rings. The van der Waals surface area contributed by atoms with Crippen LogP contribution in [0.2, 0.25) is 10.0 Å². The topological polar surface area (TPSA) is 175 Å². The average Bonchev–Trinajstić information content (AvgIpc) is 3.32. The number of nitrogens with zero attached hydrogens (tertiary/aromatic N) is 3. The Bertz CT molecular complexity index is 2160. The minimum absolute atomic E-state index is 0.0224. The van der Waals surface area contributed by atoms with E-state index in [1.54, 1.807) is 42.5 Å². The Balaban J connectivity index is 1.38. The maximum absolute atomic E-state index is 14.4. The molecule has 0 aromatic heterocycles. The average molecular weight is 827 g/mol. The number of amides is 4. The summed E-state index contributed by atoms with van der Waals surface area (Å²) in [6, 6.07) is 27.1. The number of aryl methyl sites for hydroxylation is 2. The van der Waals surface area contributed by atoms with Crippen molar-refractivity contribution in [3.63, 3.8) is 0 Å². The van der Waals surface area contributed by atoms with Crippen LogP contribution in [-0.4, -0.2) is 79.0 Å². The van der Waals surface area contributed by atoms with E-state index < -0.39 is 61.1 Å². The Labute approximate surface area is 345 Å². The summed E-state index contributed by atoms with van der Waals surface area (Å²) in [6.45, 7) is 1.77. The number of halogens is 2. The Morgan fingerprint density at radius 1 is 0.828 bits per heavy atom. The maximum atomic E-state index is 14.4. The van der Waals surface area contributed by atoms with Crippen molar-refractivity contribution in [2.24, 2.45) is 4.99 Å². The van der Waals surface area contributed by atoms with E-state index in [-0.39, 0.29) is 52.3 Å². The van der Waals surface area contributed by atoms with Gasteiger partial charge in [-0.3, -0.25) is 38.7 Å². The molecule has 0 bridgehead atoms. The number of anilines is 2. The van der Waals surface area contributed by atoms with Gasteiger partial charge in [0.25, 0.3) is 5.91 Å². The number of aliphatic imine (C=N–C) groups is 1. The molecule has 3 N–H and O–H groups in total. The fourth-order valence-corrected chi connectivity index (χ4v) is 6.92. The van der Waals surface area contributed by atoms with E-state index in [0.717, 1.165) is 16.0 Å². The zero-order valence-corrected chi connectivity index (χ0v) is 32.8. The lowest BCUT2D eigenvalue weighted by molar-refractivity contribution is -0.140. The summed E-state index contributed by atoms with van der Waals surface area (Å²) in [5.41, 5.74) is 2.60. The third kappa shape index (κ3) is 11.6. The minimum atomic E-state index is -1.59. The number of hydrogen-bond acceptors (Lipinski definition) is 8. The fraction of sp³-hybridized carbons (Fsp3) is 0.233. The molecule has 2 unspecified atom stereocenters. The highest BCUT2D eigenvalue weighted by Gasteiger charge is 2.38. The van der Waals surface area contributed by atoms with E-state index in [9.17, 15) is 33.9 Å². The molecule has 0 aliphatic carbocycles. The van der Waals surface area contributed by atoms with E-state index in [4.69, 9.17) is 27.9 Å². The molecule has 15 heteroatoms. The number of benzene rings is 4. The van der Waals surface area contributed by atoms with Crippen molar-refractivity contribution >= 4 is 82.4 Å². The van der Waals surface area contributed by atoms with Gasteiger partial charge in [-0.05, 0) is 55.0 Å². The molecule has 0 saturated carbocycles. The van der Waals surface area contributed by atoms with Gasteiger partial charge in [-0.15, -0.1) is 0 Å². The van der Waals surface area contributed by atoms with Crippen LogP contribution in [0.3, 0.4) is 0 Å². The number of para-hydroxylation sites is 2. The molecule has 1 aliphatic heterocycles. The highest BCUT2D eigenvalue weighted by atomic mass is 35.5. The van der Waals surface area contributed by atoms with Crippen LogP contribution in [0.25, 0.3) is 5.76 Å². The SMILES string of the molecule is C=N/C=C(\OCC(=O)C(CC(=O)O)NC(=O)CN1C(=O)C(NC(=O)CCc2ccccc2)CN(C(=O)CCc2ccccc2)c2ccccc21)c1c(Cl)cccc1Cl. The molecule has 2 atom stereocenters. The molecule has 13 nitrogen and oxygen atoms in total. The summed E-state index contributed by atoms with van der Waals surface area (Å²) in [5.74, 6) is -4.58. The van der Waals surface area contributed by atoms with Gasteiger partial charge in [-0.1, -0.05) is 102 Å². The zero-order chi connectivity index (χ0) is 41.6. The van der Waals surface area contributed by atoms with Gasteiger partial charge < -0.3 is 25.4 Å². The summed E-state index contributed by atoms with van der Waals surface area (Å²) < 4.78 is 5.67. The van der Waals surface area contributed by atoms with E-state index >= 15 is 0 Å². The molecule has 1 aliphatic rings. The third-order valence-corrected chi connectivity index (χ3v) is 9.80. The summed E-state index contributed by atoms with van der Waals surface area (Å²) in [7, 11) is 0. The number of carboxylic acid groups (broad SMARTS) is 1. The van der Waals surface area contributed by atoms with Crippen molar-refractivity contribution in [1.82, 2.24) is 10.6 Å². The van der Waals surface area contributed by atoms with Crippen LogP contribution < -0.4 is 20.4 Å². The molecule has 5 rings (SSSR count). The second-order valence-corrected chi connectivity index (χ2v) is 14.1. The minimum Gasteiger partial charge on any atom is -0.483 e. The Hall–Kier alpha value is -6.31. The normalized spacial score (nSPS) is 14.4. The van der Waals surface area contributed by atoms with Crippen LogP contribution in [0.15, 0.2) is 114 Å². The largest absolute Gasteiger partial charge is 0.483 e. The van der Waals surface area contributed by atoms with Crippen LogP contribution >= 0.6 is 23.2 Å². The molecular weight excluding hydrogens is 785 g/mol. The lowest BCUT2D eigenvalue weighted by Crippen LogP contribution is -2.55. The molecule has 300 valence electrons. The van der Waals surface area contributed by atoms with Gasteiger partial charge in [0, 0.05) is 12.8 Å². The predicted octanol–water partition coefficient (Wildman–Crippen LogP) is 5.67. The van der Waals surface area contributed by atoms with Crippen molar-refractivity contribution in [1.29, 1.82) is 0 Å². The second-order valence-electron chi connectivity index (χ2n) is 13.3. The van der Waals surface area contributed by atoms with E-state index in [1.165, 1.54) is 11.1 Å². The van der Waals surface area contributed by atoms with Gasteiger partial charge in [0.15, 0.2) is 5.78 Å². The maximum Gasteiger partial charge on any atom is 0.305 e. The first-order valence-electron chi connectivity index (χ1n) is 18.3. The lowest BCUT2D eigenvalue weighted by Gasteiger charge is -2.26. The van der Waals surface area contributed by atoms with Gasteiger partial charge in [0.1, 0.15) is 31.0 Å². The highest BCUT2D eigenvalue weighted by Crippen LogP contribution is 2.34. The Kier molecular flexibility index (Phi) is 15.3. The van der Waals surface area contributed by atoms with Crippen molar-refractivity contribution < 1.29 is 38.6 Å². The molecule has 1 heterocycles. The number of carbonyl (C=O) groups is 6. The molecule has 0 spiro atoms. The third-order valence-electron chi connectivity index (χ3n) is 9.17. The summed E-state index contributed by atoms with van der Waals surface area (Å²) in [4.78, 5) is 87.0. The van der Waals surface area contributed by atoms with Crippen LogP contribution in [0, 0.1) is 0 Å². The van der Waals surface area contributed by atoms with Crippen molar-refractivity contribution in [3.8, 4) is 0 Å². The summed E-state index contributed by atoms with van der Waals surface area (Å²) in [5, 5.41) is 15.3. The van der Waals surface area contributed by atoms with Gasteiger partial charge in [0.05, 0.1) is 46.1 Å². The number of aliphatic carboxylic acids is 1. The van der Waals surface area contributed by atoms with Crippen LogP contribution in [0.1, 0.15) is 36.0 Å². The van der Waals surface area contributed by atoms with Gasteiger partial charge >= 0.3 is 5.97 Å². The van der Waals surface area contributed by atoms with E-state index in [1.807, 2.05) is 60.7 Å². The number of rotatable bonds is 18. The van der Waals surface area contributed by atoms with E-state index in [2.05, 4.69) is 22.3 Å². The second kappa shape index (κ2) is 20.7. The molecule has 4 aromatic carbocycles. The first-order valence-corrected chi connectivity index (χ1v) is 19.1. The highest BCUT2D eigenvalue weighted by molar-refractivity contribution is 6.37. The number of carboxylic acids is 1. The van der Waals surface area contributed by atoms with Crippen molar-refractivity contribution in [2.45, 2.75) is 44.2 Å². The molecule has 4 amide bonds. The fourth-order valence-electron chi connectivity index (χ4n) is 6.34. The van der Waals surface area contributed by atoms with Crippen molar-refractivity contribution in [3.05, 3.63) is 136 Å².